The number of rotatable bonds is 4. The van der Waals surface area contributed by atoms with Crippen LogP contribution in [0.5, 0.6) is 0 Å². The number of carbonyl (C=O) groups is 1. The number of halogens is 3. The Kier molecular flexibility index (Phi) is 7.81. The molecule has 1 saturated heterocycles. The van der Waals surface area contributed by atoms with E-state index in [0.717, 1.165) is 29.2 Å². The first-order valence-corrected chi connectivity index (χ1v) is 8.55. The molecule has 1 aliphatic heterocycles. The monoisotopic (exact) mass is 405 g/mol. The molecular weight excluding hydrogens is 384 g/mol. The summed E-state index contributed by atoms with van der Waals surface area (Å²) >= 11 is 1.43. The Labute approximate surface area is 163 Å². The van der Waals surface area contributed by atoms with Crippen LogP contribution in [0.2, 0.25) is 0 Å². The maximum atomic E-state index is 13.3. The van der Waals surface area contributed by atoms with Gasteiger partial charge >= 0.3 is 0 Å². The van der Waals surface area contributed by atoms with Crippen LogP contribution in [0.1, 0.15) is 19.0 Å². The number of amides is 1. The maximum Gasteiger partial charge on any atom is 0.228 e. The van der Waals surface area contributed by atoms with Gasteiger partial charge in [0.2, 0.25) is 5.91 Å². The summed E-state index contributed by atoms with van der Waals surface area (Å²) in [4.78, 5) is 18.7. The molecule has 0 radical (unpaired) electrons. The average Bonchev–Trinajstić information content (AvgIpc) is 3.15. The first kappa shape index (κ1) is 21.8. The molecule has 3 rings (SSSR count). The van der Waals surface area contributed by atoms with Crippen LogP contribution in [0.25, 0.3) is 10.6 Å². The SMILES string of the molecule is CC1(CN)CCN(C(=O)Cc2csc(-c3cccc(F)c3)n2)C1.Cl.Cl. The van der Waals surface area contributed by atoms with Crippen molar-refractivity contribution >= 4 is 42.1 Å². The summed E-state index contributed by atoms with van der Waals surface area (Å²) in [5.74, 6) is -0.202. The molecular formula is C17H22Cl2FN3OS. The molecule has 1 aliphatic rings. The van der Waals surface area contributed by atoms with E-state index in [9.17, 15) is 9.18 Å². The van der Waals surface area contributed by atoms with E-state index in [1.54, 1.807) is 6.07 Å². The fraction of sp³-hybridized carbons (Fsp3) is 0.412. The molecule has 8 heteroatoms. The van der Waals surface area contributed by atoms with Crippen LogP contribution in [-0.2, 0) is 11.2 Å². The second-order valence-corrected chi connectivity index (χ2v) is 7.27. The van der Waals surface area contributed by atoms with E-state index in [2.05, 4.69) is 11.9 Å². The maximum absolute atomic E-state index is 13.3. The summed E-state index contributed by atoms with van der Waals surface area (Å²) in [5.41, 5.74) is 7.29. The molecule has 0 bridgehead atoms. The van der Waals surface area contributed by atoms with Crippen LogP contribution in [0, 0.1) is 11.2 Å². The number of benzene rings is 1. The second kappa shape index (κ2) is 8.94. The topological polar surface area (TPSA) is 59.2 Å². The van der Waals surface area contributed by atoms with E-state index in [-0.39, 0.29) is 48.4 Å². The van der Waals surface area contributed by atoms with Gasteiger partial charge in [-0.1, -0.05) is 19.1 Å². The Balaban J connectivity index is 0.00000156. The number of carbonyl (C=O) groups excluding carboxylic acids is 1. The van der Waals surface area contributed by atoms with Gasteiger partial charge in [-0.05, 0) is 30.5 Å². The highest BCUT2D eigenvalue weighted by Crippen LogP contribution is 2.29. The Morgan fingerprint density at radius 1 is 1.44 bits per heavy atom. The van der Waals surface area contributed by atoms with E-state index in [1.807, 2.05) is 16.3 Å². The van der Waals surface area contributed by atoms with Crippen molar-refractivity contribution in [3.05, 3.63) is 41.2 Å². The van der Waals surface area contributed by atoms with E-state index < -0.39 is 0 Å². The molecule has 1 atom stereocenters. The fourth-order valence-corrected chi connectivity index (χ4v) is 3.63. The highest BCUT2D eigenvalue weighted by Gasteiger charge is 2.34. The molecule has 1 aromatic carbocycles. The minimum Gasteiger partial charge on any atom is -0.342 e. The zero-order chi connectivity index (χ0) is 16.4. The van der Waals surface area contributed by atoms with Crippen molar-refractivity contribution in [2.24, 2.45) is 11.1 Å². The fourth-order valence-electron chi connectivity index (χ4n) is 2.81. The van der Waals surface area contributed by atoms with Crippen LogP contribution < -0.4 is 5.73 Å². The summed E-state index contributed by atoms with van der Waals surface area (Å²) < 4.78 is 13.3. The lowest BCUT2D eigenvalue weighted by atomic mass is 9.90. The van der Waals surface area contributed by atoms with Gasteiger partial charge in [0.05, 0.1) is 12.1 Å². The van der Waals surface area contributed by atoms with Crippen LogP contribution >= 0.6 is 36.2 Å². The predicted octanol–water partition coefficient (Wildman–Crippen LogP) is 3.53. The first-order valence-electron chi connectivity index (χ1n) is 7.67. The van der Waals surface area contributed by atoms with Gasteiger partial charge in [-0.3, -0.25) is 4.79 Å². The van der Waals surface area contributed by atoms with Crippen molar-refractivity contribution in [1.29, 1.82) is 0 Å². The second-order valence-electron chi connectivity index (χ2n) is 6.41. The molecule has 1 aromatic heterocycles. The summed E-state index contributed by atoms with van der Waals surface area (Å²) in [7, 11) is 0. The zero-order valence-electron chi connectivity index (χ0n) is 13.9. The third-order valence-electron chi connectivity index (χ3n) is 4.36. The quantitative estimate of drug-likeness (QED) is 0.845. The lowest BCUT2D eigenvalue weighted by Crippen LogP contribution is -2.35. The minimum atomic E-state index is -0.284. The van der Waals surface area contributed by atoms with Gasteiger partial charge in [0.1, 0.15) is 10.8 Å². The van der Waals surface area contributed by atoms with Crippen molar-refractivity contribution in [2.75, 3.05) is 19.6 Å². The van der Waals surface area contributed by atoms with Gasteiger partial charge in [-0.2, -0.15) is 0 Å². The van der Waals surface area contributed by atoms with Crippen LogP contribution in [0.15, 0.2) is 29.6 Å². The van der Waals surface area contributed by atoms with Crippen LogP contribution in [-0.4, -0.2) is 35.4 Å². The minimum absolute atomic E-state index is 0. The van der Waals surface area contributed by atoms with Gasteiger partial charge in [0.25, 0.3) is 0 Å². The highest BCUT2D eigenvalue weighted by molar-refractivity contribution is 7.13. The van der Waals surface area contributed by atoms with Gasteiger partial charge in [0.15, 0.2) is 0 Å². The lowest BCUT2D eigenvalue weighted by molar-refractivity contribution is -0.129. The summed E-state index contributed by atoms with van der Waals surface area (Å²) in [6.45, 7) is 4.18. The molecule has 2 aromatic rings. The Morgan fingerprint density at radius 2 is 2.20 bits per heavy atom. The van der Waals surface area contributed by atoms with E-state index in [4.69, 9.17) is 5.73 Å². The van der Waals surface area contributed by atoms with Crippen molar-refractivity contribution < 1.29 is 9.18 Å². The zero-order valence-corrected chi connectivity index (χ0v) is 16.4. The van der Waals surface area contributed by atoms with Crippen molar-refractivity contribution in [3.8, 4) is 10.6 Å². The largest absolute Gasteiger partial charge is 0.342 e. The third kappa shape index (κ3) is 5.14. The van der Waals surface area contributed by atoms with Crippen molar-refractivity contribution in [2.45, 2.75) is 19.8 Å². The molecule has 0 saturated carbocycles. The number of thiazole rings is 1. The average molecular weight is 406 g/mol. The first-order chi connectivity index (χ1) is 11.0. The molecule has 2 N–H and O–H groups in total. The number of aromatic nitrogens is 1. The van der Waals surface area contributed by atoms with E-state index in [1.165, 1.54) is 23.5 Å². The number of hydrogen-bond acceptors (Lipinski definition) is 4. The normalized spacial score (nSPS) is 19.2. The molecule has 25 heavy (non-hydrogen) atoms. The number of hydrogen-bond donors (Lipinski definition) is 1. The summed E-state index contributed by atoms with van der Waals surface area (Å²) in [6.07, 6.45) is 1.23. The highest BCUT2D eigenvalue weighted by atomic mass is 35.5. The van der Waals surface area contributed by atoms with E-state index >= 15 is 0 Å². The standard InChI is InChI=1S/C17H20FN3OS.2ClH/c1-17(10-19)5-6-21(11-17)15(22)8-14-9-23-16(20-14)12-3-2-4-13(18)7-12;;/h2-4,7,9H,5-6,8,10-11,19H2,1H3;2*1H. The molecule has 1 amide bonds. The van der Waals surface area contributed by atoms with Crippen LogP contribution in [0.3, 0.4) is 0 Å². The van der Waals surface area contributed by atoms with Gasteiger partial charge in [-0.15, -0.1) is 36.2 Å². The number of nitrogens with two attached hydrogens (primary N) is 1. The molecule has 1 unspecified atom stereocenters. The smallest absolute Gasteiger partial charge is 0.228 e. The molecule has 0 spiro atoms. The molecule has 1 fully saturated rings. The van der Waals surface area contributed by atoms with Crippen molar-refractivity contribution in [3.63, 3.8) is 0 Å². The summed E-state index contributed by atoms with van der Waals surface area (Å²) in [5, 5.41) is 2.61. The Morgan fingerprint density at radius 3 is 2.84 bits per heavy atom. The molecule has 2 heterocycles. The lowest BCUT2D eigenvalue weighted by Gasteiger charge is -2.22. The third-order valence-corrected chi connectivity index (χ3v) is 5.30. The van der Waals surface area contributed by atoms with Crippen LogP contribution in [0.4, 0.5) is 4.39 Å². The van der Waals surface area contributed by atoms with Gasteiger partial charge in [0, 0.05) is 24.0 Å². The number of likely N-dealkylation sites (tertiary alicyclic amines) is 1. The summed E-state index contributed by atoms with van der Waals surface area (Å²) in [6, 6.07) is 6.34. The Bertz CT molecular complexity index is 727. The molecule has 0 aliphatic carbocycles. The molecule has 138 valence electrons. The predicted molar refractivity (Wildman–Crippen MR) is 104 cm³/mol. The van der Waals surface area contributed by atoms with Gasteiger partial charge < -0.3 is 10.6 Å². The Hall–Kier alpha value is -1.21. The molecule has 4 nitrogen and oxygen atoms in total. The van der Waals surface area contributed by atoms with Crippen molar-refractivity contribution in [1.82, 2.24) is 9.88 Å². The van der Waals surface area contributed by atoms with E-state index in [0.29, 0.717) is 13.1 Å². The number of nitrogens with zero attached hydrogens (tertiary/aromatic N) is 2. The van der Waals surface area contributed by atoms with Gasteiger partial charge in [-0.25, -0.2) is 9.37 Å².